The molecule has 0 radical (unpaired) electrons. The van der Waals surface area contributed by atoms with Crippen LogP contribution >= 0.6 is 11.6 Å². The van der Waals surface area contributed by atoms with Crippen LogP contribution in [0.2, 0.25) is 5.02 Å². The number of hydrogen-bond donors (Lipinski definition) is 0. The highest BCUT2D eigenvalue weighted by Crippen LogP contribution is 2.25. The van der Waals surface area contributed by atoms with Gasteiger partial charge in [-0.25, -0.2) is 0 Å². The Labute approximate surface area is 117 Å². The quantitative estimate of drug-likeness (QED) is 0.781. The number of hydrogen-bond acceptors (Lipinski definition) is 2. The van der Waals surface area contributed by atoms with Crippen molar-refractivity contribution >= 4 is 17.6 Å². The minimum Gasteiger partial charge on any atom is -0.466 e. The van der Waals surface area contributed by atoms with Gasteiger partial charge in [-0.1, -0.05) is 23.7 Å². The second-order valence-corrected chi connectivity index (χ2v) is 4.65. The molecule has 0 aliphatic carbocycles. The molecule has 0 spiro atoms. The van der Waals surface area contributed by atoms with Gasteiger partial charge in [0.05, 0.1) is 19.1 Å². The smallest absolute Gasteiger partial charge is 0.308 e. The number of halogens is 1. The lowest BCUT2D eigenvalue weighted by molar-refractivity contribution is -0.143. The topological polar surface area (TPSA) is 31.2 Å². The highest BCUT2D eigenvalue weighted by molar-refractivity contribution is 6.30. The zero-order valence-corrected chi connectivity index (χ0v) is 11.5. The van der Waals surface area contributed by atoms with Crippen LogP contribution in [-0.4, -0.2) is 17.1 Å². The summed E-state index contributed by atoms with van der Waals surface area (Å²) in [5.41, 5.74) is 0.997. The molecule has 100 valence electrons. The van der Waals surface area contributed by atoms with Gasteiger partial charge in [-0.2, -0.15) is 0 Å². The monoisotopic (exact) mass is 277 g/mol. The van der Waals surface area contributed by atoms with Gasteiger partial charge in [-0.15, -0.1) is 0 Å². The lowest BCUT2D eigenvalue weighted by atomic mass is 10.0. The van der Waals surface area contributed by atoms with Crippen molar-refractivity contribution < 1.29 is 9.53 Å². The number of benzene rings is 1. The average molecular weight is 278 g/mol. The van der Waals surface area contributed by atoms with Crippen molar-refractivity contribution in [3.63, 3.8) is 0 Å². The third-order valence-electron chi connectivity index (χ3n) is 2.89. The Bertz CT molecular complexity index is 537. The van der Waals surface area contributed by atoms with E-state index < -0.39 is 0 Å². The maximum Gasteiger partial charge on any atom is 0.308 e. The molecule has 1 aromatic heterocycles. The zero-order valence-electron chi connectivity index (χ0n) is 10.8. The van der Waals surface area contributed by atoms with Crippen molar-refractivity contribution in [3.05, 3.63) is 59.4 Å². The fourth-order valence-corrected chi connectivity index (χ4v) is 2.24. The van der Waals surface area contributed by atoms with Crippen LogP contribution in [0.4, 0.5) is 0 Å². The molecule has 0 aliphatic heterocycles. The highest BCUT2D eigenvalue weighted by Gasteiger charge is 2.18. The van der Waals surface area contributed by atoms with Crippen molar-refractivity contribution in [1.29, 1.82) is 0 Å². The van der Waals surface area contributed by atoms with E-state index in [4.69, 9.17) is 16.3 Å². The molecule has 4 heteroatoms. The predicted octanol–water partition coefficient (Wildman–Crippen LogP) is 3.68. The van der Waals surface area contributed by atoms with Crippen molar-refractivity contribution in [3.8, 4) is 0 Å². The normalized spacial score (nSPS) is 12.1. The summed E-state index contributed by atoms with van der Waals surface area (Å²) in [7, 11) is 0. The number of esters is 1. The SMILES string of the molecule is CCOC(=O)C[C@@H](c1cccc(Cl)c1)n1cccc1. The zero-order chi connectivity index (χ0) is 13.7. The van der Waals surface area contributed by atoms with E-state index in [2.05, 4.69) is 0 Å². The lowest BCUT2D eigenvalue weighted by Crippen LogP contribution is -2.16. The summed E-state index contributed by atoms with van der Waals surface area (Å²) in [6.07, 6.45) is 4.17. The standard InChI is InChI=1S/C15H16ClNO2/c1-2-19-15(18)11-14(17-8-3-4-9-17)12-6-5-7-13(16)10-12/h3-10,14H,2,11H2,1H3/t14-/m0/s1. The molecule has 3 nitrogen and oxygen atoms in total. The molecule has 1 atom stereocenters. The number of ether oxygens (including phenoxy) is 1. The Kier molecular flexibility index (Phi) is 4.63. The van der Waals surface area contributed by atoms with Crippen LogP contribution in [0.5, 0.6) is 0 Å². The van der Waals surface area contributed by atoms with Crippen molar-refractivity contribution in [2.24, 2.45) is 0 Å². The summed E-state index contributed by atoms with van der Waals surface area (Å²) in [6, 6.07) is 11.3. The van der Waals surface area contributed by atoms with E-state index in [1.54, 1.807) is 0 Å². The molecule has 0 saturated carbocycles. The molecule has 0 amide bonds. The van der Waals surface area contributed by atoms with E-state index in [0.717, 1.165) is 5.56 Å². The summed E-state index contributed by atoms with van der Waals surface area (Å²) in [4.78, 5) is 11.7. The number of carbonyl (C=O) groups excluding carboxylic acids is 1. The lowest BCUT2D eigenvalue weighted by Gasteiger charge is -2.19. The third kappa shape index (κ3) is 3.61. The van der Waals surface area contributed by atoms with Gasteiger partial charge in [0.1, 0.15) is 0 Å². The molecule has 0 bridgehead atoms. The maximum atomic E-state index is 11.7. The van der Waals surface area contributed by atoms with Crippen LogP contribution in [-0.2, 0) is 9.53 Å². The largest absolute Gasteiger partial charge is 0.466 e. The minimum atomic E-state index is -0.207. The van der Waals surface area contributed by atoms with E-state index in [1.165, 1.54) is 0 Å². The molecule has 0 saturated heterocycles. The Morgan fingerprint density at radius 3 is 2.68 bits per heavy atom. The number of aromatic nitrogens is 1. The number of rotatable bonds is 5. The molecule has 1 aromatic carbocycles. The van der Waals surface area contributed by atoms with Crippen LogP contribution in [0.3, 0.4) is 0 Å². The van der Waals surface area contributed by atoms with Crippen LogP contribution in [0, 0.1) is 0 Å². The van der Waals surface area contributed by atoms with Gasteiger partial charge in [0, 0.05) is 17.4 Å². The summed E-state index contributed by atoms with van der Waals surface area (Å²) < 4.78 is 7.03. The van der Waals surface area contributed by atoms with Gasteiger partial charge in [-0.05, 0) is 36.8 Å². The Balaban J connectivity index is 2.27. The van der Waals surface area contributed by atoms with E-state index in [0.29, 0.717) is 18.1 Å². The second kappa shape index (κ2) is 6.43. The van der Waals surface area contributed by atoms with E-state index >= 15 is 0 Å². The van der Waals surface area contributed by atoms with Gasteiger partial charge in [0.25, 0.3) is 0 Å². The first kappa shape index (κ1) is 13.7. The van der Waals surface area contributed by atoms with Crippen molar-refractivity contribution in [1.82, 2.24) is 4.57 Å². The molecular weight excluding hydrogens is 262 g/mol. The first-order chi connectivity index (χ1) is 9.20. The molecule has 2 rings (SSSR count). The Morgan fingerprint density at radius 1 is 1.32 bits per heavy atom. The van der Waals surface area contributed by atoms with Gasteiger partial charge in [0.2, 0.25) is 0 Å². The molecule has 0 aliphatic rings. The van der Waals surface area contributed by atoms with Crippen LogP contribution < -0.4 is 0 Å². The molecule has 1 heterocycles. The molecule has 19 heavy (non-hydrogen) atoms. The Hall–Kier alpha value is -1.74. The summed E-state index contributed by atoms with van der Waals surface area (Å²) in [5.74, 6) is -0.207. The second-order valence-electron chi connectivity index (χ2n) is 4.21. The van der Waals surface area contributed by atoms with Crippen LogP contribution in [0.25, 0.3) is 0 Å². The van der Waals surface area contributed by atoms with Crippen molar-refractivity contribution in [2.75, 3.05) is 6.61 Å². The highest BCUT2D eigenvalue weighted by atomic mass is 35.5. The van der Waals surface area contributed by atoms with Gasteiger partial charge < -0.3 is 9.30 Å². The fourth-order valence-electron chi connectivity index (χ4n) is 2.04. The summed E-state index contributed by atoms with van der Waals surface area (Å²) in [5, 5.41) is 0.665. The average Bonchev–Trinajstić information content (AvgIpc) is 2.90. The van der Waals surface area contributed by atoms with E-state index in [1.807, 2.05) is 60.3 Å². The first-order valence-electron chi connectivity index (χ1n) is 6.24. The summed E-state index contributed by atoms with van der Waals surface area (Å²) in [6.45, 7) is 2.20. The van der Waals surface area contributed by atoms with Gasteiger partial charge in [0.15, 0.2) is 0 Å². The molecule has 0 N–H and O–H groups in total. The molecule has 0 fully saturated rings. The predicted molar refractivity (Wildman–Crippen MR) is 75.3 cm³/mol. The van der Waals surface area contributed by atoms with Crippen molar-refractivity contribution in [2.45, 2.75) is 19.4 Å². The van der Waals surface area contributed by atoms with Crippen LogP contribution in [0.15, 0.2) is 48.8 Å². The molecular formula is C15H16ClNO2. The third-order valence-corrected chi connectivity index (χ3v) is 3.12. The number of nitrogens with zero attached hydrogens (tertiary/aromatic N) is 1. The fraction of sp³-hybridized carbons (Fsp3) is 0.267. The van der Waals surface area contributed by atoms with E-state index in [-0.39, 0.29) is 12.0 Å². The van der Waals surface area contributed by atoms with E-state index in [9.17, 15) is 4.79 Å². The maximum absolute atomic E-state index is 11.7. The first-order valence-corrected chi connectivity index (χ1v) is 6.62. The Morgan fingerprint density at radius 2 is 2.05 bits per heavy atom. The minimum absolute atomic E-state index is 0.0900. The molecule has 0 unspecified atom stereocenters. The molecule has 2 aromatic rings. The van der Waals surface area contributed by atoms with Gasteiger partial charge >= 0.3 is 5.97 Å². The van der Waals surface area contributed by atoms with Gasteiger partial charge in [-0.3, -0.25) is 4.79 Å². The van der Waals surface area contributed by atoms with Crippen LogP contribution in [0.1, 0.15) is 24.9 Å². The summed E-state index contributed by atoms with van der Waals surface area (Å²) >= 11 is 6.02. The number of carbonyl (C=O) groups is 1.